The number of methoxy groups -OCH3 is 2. The first-order chi connectivity index (χ1) is 16.7. The van der Waals surface area contributed by atoms with Crippen molar-refractivity contribution in [1.29, 1.82) is 0 Å². The molecule has 0 atom stereocenters. The van der Waals surface area contributed by atoms with Crippen molar-refractivity contribution in [3.05, 3.63) is 77.9 Å². The summed E-state index contributed by atoms with van der Waals surface area (Å²) in [5.74, 6) is 0.0283. The van der Waals surface area contributed by atoms with Gasteiger partial charge in [0, 0.05) is 18.2 Å². The van der Waals surface area contributed by atoms with Gasteiger partial charge in [-0.05, 0) is 72.3 Å². The second-order valence-electron chi connectivity index (χ2n) is 7.08. The number of amides is 2. The molecule has 10 nitrogen and oxygen atoms in total. The first-order valence-electron chi connectivity index (χ1n) is 10.2. The summed E-state index contributed by atoms with van der Waals surface area (Å²) in [5.41, 5.74) is 3.68. The summed E-state index contributed by atoms with van der Waals surface area (Å²) in [6, 6.07) is 16.5. The van der Waals surface area contributed by atoms with Gasteiger partial charge in [-0.1, -0.05) is 0 Å². The van der Waals surface area contributed by atoms with Crippen LogP contribution < -0.4 is 24.4 Å². The van der Waals surface area contributed by atoms with Crippen LogP contribution in [0.2, 0.25) is 0 Å². The quantitative estimate of drug-likeness (QED) is 0.264. The lowest BCUT2D eigenvalue weighted by Crippen LogP contribution is -2.17. The molecule has 11 heteroatoms. The molecule has 0 bridgehead atoms. The zero-order valence-electron chi connectivity index (χ0n) is 19.1. The van der Waals surface area contributed by atoms with Crippen LogP contribution >= 0.6 is 0 Å². The zero-order chi connectivity index (χ0) is 25.4. The maximum absolute atomic E-state index is 12.8. The molecule has 0 heterocycles. The van der Waals surface area contributed by atoms with Crippen LogP contribution in [0.5, 0.6) is 17.2 Å². The van der Waals surface area contributed by atoms with Gasteiger partial charge in [-0.15, -0.1) is 0 Å². The van der Waals surface area contributed by atoms with Crippen molar-refractivity contribution < 1.29 is 31.7 Å². The van der Waals surface area contributed by atoms with E-state index in [0.29, 0.717) is 22.6 Å². The Bertz CT molecular complexity index is 1340. The van der Waals surface area contributed by atoms with Gasteiger partial charge in [-0.3, -0.25) is 9.59 Å². The van der Waals surface area contributed by atoms with Crippen LogP contribution in [0.3, 0.4) is 0 Å². The molecule has 3 rings (SSSR count). The highest BCUT2D eigenvalue weighted by Gasteiger charge is 2.19. The van der Waals surface area contributed by atoms with Gasteiger partial charge < -0.3 is 19.0 Å². The lowest BCUT2D eigenvalue weighted by molar-refractivity contribution is -0.114. The molecule has 2 N–H and O–H groups in total. The fourth-order valence-corrected chi connectivity index (χ4v) is 3.82. The molecule has 0 unspecified atom stereocenters. The van der Waals surface area contributed by atoms with Gasteiger partial charge in [-0.25, -0.2) is 5.43 Å². The minimum absolute atomic E-state index is 0.0659. The normalized spacial score (nSPS) is 11.1. The second kappa shape index (κ2) is 11.2. The van der Waals surface area contributed by atoms with Gasteiger partial charge in [0.25, 0.3) is 5.91 Å². The Morgan fingerprint density at radius 1 is 0.886 bits per heavy atom. The minimum Gasteiger partial charge on any atom is -0.497 e. The molecule has 35 heavy (non-hydrogen) atoms. The highest BCUT2D eigenvalue weighted by Crippen LogP contribution is 2.30. The molecule has 3 aromatic carbocycles. The highest BCUT2D eigenvalue weighted by molar-refractivity contribution is 7.87. The summed E-state index contributed by atoms with van der Waals surface area (Å²) in [5, 5.41) is 6.47. The van der Waals surface area contributed by atoms with Crippen LogP contribution in [-0.4, -0.2) is 40.7 Å². The van der Waals surface area contributed by atoms with Crippen molar-refractivity contribution in [3.8, 4) is 17.2 Å². The van der Waals surface area contributed by atoms with E-state index in [0.717, 1.165) is 0 Å². The topological polar surface area (TPSA) is 132 Å². The number of carbonyl (C=O) groups excluding carboxylic acids is 2. The molecule has 182 valence electrons. The summed E-state index contributed by atoms with van der Waals surface area (Å²) in [6.45, 7) is 1.35. The van der Waals surface area contributed by atoms with E-state index in [1.54, 1.807) is 30.3 Å². The van der Waals surface area contributed by atoms with Crippen LogP contribution in [0.25, 0.3) is 0 Å². The third-order valence-corrected chi connectivity index (χ3v) is 5.83. The Balaban J connectivity index is 1.74. The van der Waals surface area contributed by atoms with Crippen molar-refractivity contribution in [2.75, 3.05) is 19.5 Å². The smallest absolute Gasteiger partial charge is 0.339 e. The van der Waals surface area contributed by atoms with E-state index in [-0.39, 0.29) is 22.3 Å². The number of nitrogens with one attached hydrogen (secondary N) is 2. The predicted molar refractivity (Wildman–Crippen MR) is 130 cm³/mol. The standard InChI is InChI=1S/C24H23N3O7S/c1-16(28)26-19-7-11-21(12-8-19)35(30,31)34-23-14-17(4-13-22(23)33-3)15-25-27-24(29)18-5-9-20(32-2)10-6-18/h4-15H,1-3H3,(H,26,28)(H,27,29)/b25-15-. The number of anilines is 1. The van der Waals surface area contributed by atoms with E-state index in [9.17, 15) is 18.0 Å². The van der Waals surface area contributed by atoms with Crippen LogP contribution in [0, 0.1) is 0 Å². The number of carbonyl (C=O) groups is 2. The molecule has 2 amide bonds. The average molecular weight is 498 g/mol. The van der Waals surface area contributed by atoms with Crippen LogP contribution in [-0.2, 0) is 14.9 Å². The van der Waals surface area contributed by atoms with Crippen molar-refractivity contribution in [2.45, 2.75) is 11.8 Å². The van der Waals surface area contributed by atoms with Gasteiger partial charge >= 0.3 is 10.1 Å². The van der Waals surface area contributed by atoms with Crippen molar-refractivity contribution in [1.82, 2.24) is 5.43 Å². The third-order valence-electron chi connectivity index (χ3n) is 4.58. The van der Waals surface area contributed by atoms with Crippen LogP contribution in [0.15, 0.2) is 76.7 Å². The van der Waals surface area contributed by atoms with E-state index in [1.165, 1.54) is 63.8 Å². The Labute approximate surface area is 202 Å². The number of benzene rings is 3. The number of hydrogen-bond donors (Lipinski definition) is 2. The van der Waals surface area contributed by atoms with Gasteiger partial charge in [0.05, 0.1) is 20.4 Å². The molecule has 0 aliphatic rings. The molecule has 0 aromatic heterocycles. The first-order valence-corrected chi connectivity index (χ1v) is 11.6. The molecule has 0 fully saturated rings. The molecule has 3 aromatic rings. The summed E-state index contributed by atoms with van der Waals surface area (Å²) in [6.07, 6.45) is 1.34. The summed E-state index contributed by atoms with van der Waals surface area (Å²) < 4.78 is 41.1. The van der Waals surface area contributed by atoms with Crippen LogP contribution in [0.4, 0.5) is 5.69 Å². The molecular weight excluding hydrogens is 474 g/mol. The average Bonchev–Trinajstić information content (AvgIpc) is 2.84. The van der Waals surface area contributed by atoms with E-state index in [4.69, 9.17) is 13.7 Å². The van der Waals surface area contributed by atoms with Crippen LogP contribution in [0.1, 0.15) is 22.8 Å². The monoisotopic (exact) mass is 497 g/mol. The number of hydrazone groups is 1. The Kier molecular flexibility index (Phi) is 8.05. The van der Waals surface area contributed by atoms with E-state index < -0.39 is 16.0 Å². The molecule has 0 saturated heterocycles. The fourth-order valence-electron chi connectivity index (χ4n) is 2.89. The summed E-state index contributed by atoms with van der Waals surface area (Å²) in [7, 11) is -1.30. The minimum atomic E-state index is -4.20. The molecule has 0 aliphatic heterocycles. The highest BCUT2D eigenvalue weighted by atomic mass is 32.2. The first kappa shape index (κ1) is 25.2. The molecular formula is C24H23N3O7S. The second-order valence-corrected chi connectivity index (χ2v) is 8.63. The summed E-state index contributed by atoms with van der Waals surface area (Å²) >= 11 is 0. The summed E-state index contributed by atoms with van der Waals surface area (Å²) in [4.78, 5) is 23.2. The maximum Gasteiger partial charge on any atom is 0.339 e. The van der Waals surface area contributed by atoms with Crippen molar-refractivity contribution >= 4 is 33.8 Å². The third kappa shape index (κ3) is 6.81. The van der Waals surface area contributed by atoms with Crippen molar-refractivity contribution in [3.63, 3.8) is 0 Å². The van der Waals surface area contributed by atoms with E-state index in [2.05, 4.69) is 15.8 Å². The lowest BCUT2D eigenvalue weighted by atomic mass is 10.2. The Morgan fingerprint density at radius 2 is 1.57 bits per heavy atom. The molecule has 0 spiro atoms. The predicted octanol–water partition coefficient (Wildman–Crippen LogP) is 3.19. The number of ether oxygens (including phenoxy) is 2. The molecule has 0 aliphatic carbocycles. The fraction of sp³-hybridized carbons (Fsp3) is 0.125. The Hall–Kier alpha value is -4.38. The van der Waals surface area contributed by atoms with Gasteiger partial charge in [0.15, 0.2) is 11.5 Å². The Morgan fingerprint density at radius 3 is 2.17 bits per heavy atom. The van der Waals surface area contributed by atoms with Gasteiger partial charge in [0.1, 0.15) is 10.6 Å². The largest absolute Gasteiger partial charge is 0.497 e. The number of rotatable bonds is 9. The van der Waals surface area contributed by atoms with Crippen molar-refractivity contribution in [2.24, 2.45) is 5.10 Å². The number of hydrogen-bond acceptors (Lipinski definition) is 8. The molecule has 0 saturated carbocycles. The zero-order valence-corrected chi connectivity index (χ0v) is 20.0. The number of nitrogens with zero attached hydrogens (tertiary/aromatic N) is 1. The van der Waals surface area contributed by atoms with Gasteiger partial charge in [0.2, 0.25) is 5.91 Å². The lowest BCUT2D eigenvalue weighted by Gasteiger charge is -2.12. The van der Waals surface area contributed by atoms with E-state index >= 15 is 0 Å². The van der Waals surface area contributed by atoms with Gasteiger partial charge in [-0.2, -0.15) is 13.5 Å². The maximum atomic E-state index is 12.8. The van der Waals surface area contributed by atoms with E-state index in [1.807, 2.05) is 0 Å². The molecule has 0 radical (unpaired) electrons. The SMILES string of the molecule is COc1ccc(C(=O)N/N=C\c2ccc(OC)c(OS(=O)(=O)c3ccc(NC(C)=O)cc3)c2)cc1.